The summed E-state index contributed by atoms with van der Waals surface area (Å²) in [6.07, 6.45) is 4.51. The molecule has 0 aliphatic rings. The summed E-state index contributed by atoms with van der Waals surface area (Å²) >= 11 is 0. The second-order valence-electron chi connectivity index (χ2n) is 5.77. The van der Waals surface area contributed by atoms with E-state index in [-0.39, 0.29) is 5.91 Å². The van der Waals surface area contributed by atoms with Crippen LogP contribution in [0.4, 0.5) is 0 Å². The van der Waals surface area contributed by atoms with Crippen LogP contribution in [0, 0.1) is 6.92 Å². The van der Waals surface area contributed by atoms with Crippen LogP contribution in [0.2, 0.25) is 0 Å². The summed E-state index contributed by atoms with van der Waals surface area (Å²) in [6, 6.07) is 13.8. The summed E-state index contributed by atoms with van der Waals surface area (Å²) < 4.78 is 1.83. The molecule has 1 aromatic carbocycles. The quantitative estimate of drug-likeness (QED) is 0.719. The van der Waals surface area contributed by atoms with E-state index in [1.165, 1.54) is 0 Å². The summed E-state index contributed by atoms with van der Waals surface area (Å²) in [4.78, 5) is 20.8. The molecule has 25 heavy (non-hydrogen) atoms. The van der Waals surface area contributed by atoms with E-state index < -0.39 is 0 Å². The van der Waals surface area contributed by atoms with Crippen molar-refractivity contribution in [3.8, 4) is 11.3 Å². The van der Waals surface area contributed by atoms with Crippen molar-refractivity contribution in [1.82, 2.24) is 25.1 Å². The van der Waals surface area contributed by atoms with Gasteiger partial charge < -0.3 is 5.32 Å². The molecular formula is C19H21N5O. The zero-order valence-corrected chi connectivity index (χ0v) is 14.2. The average molecular weight is 335 g/mol. The molecular weight excluding hydrogens is 314 g/mol. The fourth-order valence-electron chi connectivity index (χ4n) is 2.53. The lowest BCUT2D eigenvalue weighted by Gasteiger charge is -2.07. The third-order valence-electron chi connectivity index (χ3n) is 3.93. The molecule has 0 atom stereocenters. The fraction of sp³-hybridized carbons (Fsp3) is 0.263. The minimum atomic E-state index is 0.00844. The number of rotatable bonds is 7. The zero-order chi connectivity index (χ0) is 17.5. The van der Waals surface area contributed by atoms with E-state index in [0.29, 0.717) is 25.9 Å². The van der Waals surface area contributed by atoms with Crippen LogP contribution >= 0.6 is 0 Å². The Bertz CT molecular complexity index is 829. The molecule has 0 spiro atoms. The highest BCUT2D eigenvalue weighted by molar-refractivity contribution is 5.75. The first-order chi connectivity index (χ1) is 12.2. The molecule has 0 unspecified atom stereocenters. The van der Waals surface area contributed by atoms with Crippen LogP contribution in [0.1, 0.15) is 17.9 Å². The number of nitrogens with zero attached hydrogens (tertiary/aromatic N) is 4. The molecule has 3 rings (SSSR count). The second kappa shape index (κ2) is 8.19. The number of hydrogen-bond acceptors (Lipinski definition) is 4. The van der Waals surface area contributed by atoms with Gasteiger partial charge in [-0.25, -0.2) is 9.97 Å². The van der Waals surface area contributed by atoms with E-state index in [1.807, 2.05) is 54.1 Å². The molecule has 0 bridgehead atoms. The van der Waals surface area contributed by atoms with Crippen LogP contribution in [-0.2, 0) is 17.8 Å². The van der Waals surface area contributed by atoms with E-state index in [9.17, 15) is 4.79 Å². The van der Waals surface area contributed by atoms with Gasteiger partial charge in [-0.05, 0) is 19.1 Å². The number of benzene rings is 1. The molecule has 2 aromatic heterocycles. The van der Waals surface area contributed by atoms with Gasteiger partial charge in [0.25, 0.3) is 0 Å². The molecule has 6 heteroatoms. The normalized spacial score (nSPS) is 10.6. The topological polar surface area (TPSA) is 72.7 Å². The molecule has 0 aliphatic heterocycles. The lowest BCUT2D eigenvalue weighted by molar-refractivity contribution is -0.121. The second-order valence-corrected chi connectivity index (χ2v) is 5.77. The predicted molar refractivity (Wildman–Crippen MR) is 95.8 cm³/mol. The first kappa shape index (κ1) is 16.8. The maximum atomic E-state index is 11.9. The summed E-state index contributed by atoms with van der Waals surface area (Å²) in [5.41, 5.74) is 3.01. The van der Waals surface area contributed by atoms with Gasteiger partial charge in [0.05, 0.1) is 5.69 Å². The molecule has 0 saturated carbocycles. The standard InChI is InChI=1S/C19H21N5O/c1-15-7-13-22-24(15)14-10-19(25)21-12-9-18-20-11-8-17(23-18)16-5-3-2-4-6-16/h2-8,11,13H,9-10,12,14H2,1H3,(H,21,25). The molecule has 128 valence electrons. The van der Waals surface area contributed by atoms with Gasteiger partial charge in [-0.3, -0.25) is 9.48 Å². The van der Waals surface area contributed by atoms with Crippen LogP contribution < -0.4 is 5.32 Å². The Morgan fingerprint density at radius 3 is 2.72 bits per heavy atom. The van der Waals surface area contributed by atoms with Gasteiger partial charge in [-0.2, -0.15) is 5.10 Å². The van der Waals surface area contributed by atoms with Crippen LogP contribution in [0.5, 0.6) is 0 Å². The monoisotopic (exact) mass is 335 g/mol. The number of amides is 1. The van der Waals surface area contributed by atoms with Gasteiger partial charge in [0.15, 0.2) is 0 Å². The molecule has 1 amide bonds. The SMILES string of the molecule is Cc1ccnn1CCC(=O)NCCc1nccc(-c2ccccc2)n1. The molecule has 2 heterocycles. The van der Waals surface area contributed by atoms with Crippen molar-refractivity contribution in [1.29, 1.82) is 0 Å². The highest BCUT2D eigenvalue weighted by Crippen LogP contribution is 2.15. The highest BCUT2D eigenvalue weighted by Gasteiger charge is 2.05. The first-order valence-corrected chi connectivity index (χ1v) is 8.35. The Hall–Kier alpha value is -3.02. The smallest absolute Gasteiger partial charge is 0.221 e. The largest absolute Gasteiger partial charge is 0.356 e. The van der Waals surface area contributed by atoms with Gasteiger partial charge in [-0.15, -0.1) is 0 Å². The lowest BCUT2D eigenvalue weighted by Crippen LogP contribution is -2.27. The number of aryl methyl sites for hydroxylation is 2. The minimum absolute atomic E-state index is 0.00844. The van der Waals surface area contributed by atoms with Gasteiger partial charge >= 0.3 is 0 Å². The minimum Gasteiger partial charge on any atom is -0.356 e. The average Bonchev–Trinajstić information content (AvgIpc) is 3.06. The summed E-state index contributed by atoms with van der Waals surface area (Å²) in [5.74, 6) is 0.735. The number of carbonyl (C=O) groups excluding carboxylic acids is 1. The van der Waals surface area contributed by atoms with Crippen LogP contribution in [0.15, 0.2) is 54.9 Å². The molecule has 1 N–H and O–H groups in total. The van der Waals surface area contributed by atoms with Crippen molar-refractivity contribution in [2.75, 3.05) is 6.54 Å². The number of hydrogen-bond donors (Lipinski definition) is 1. The lowest BCUT2D eigenvalue weighted by atomic mass is 10.1. The molecule has 3 aromatic rings. The van der Waals surface area contributed by atoms with Crippen molar-refractivity contribution in [3.63, 3.8) is 0 Å². The third-order valence-corrected chi connectivity index (χ3v) is 3.93. The molecule has 0 fully saturated rings. The van der Waals surface area contributed by atoms with E-state index in [2.05, 4.69) is 20.4 Å². The van der Waals surface area contributed by atoms with Crippen molar-refractivity contribution in [2.45, 2.75) is 26.3 Å². The van der Waals surface area contributed by atoms with Crippen molar-refractivity contribution in [3.05, 3.63) is 66.4 Å². The number of aromatic nitrogens is 4. The molecule has 0 radical (unpaired) electrons. The van der Waals surface area contributed by atoms with Crippen molar-refractivity contribution in [2.24, 2.45) is 0 Å². The third kappa shape index (κ3) is 4.73. The molecule has 0 saturated heterocycles. The Morgan fingerprint density at radius 2 is 1.96 bits per heavy atom. The highest BCUT2D eigenvalue weighted by atomic mass is 16.1. The first-order valence-electron chi connectivity index (χ1n) is 8.35. The van der Waals surface area contributed by atoms with Crippen molar-refractivity contribution >= 4 is 5.91 Å². The predicted octanol–water partition coefficient (Wildman–Crippen LogP) is 2.40. The zero-order valence-electron chi connectivity index (χ0n) is 14.2. The van der Waals surface area contributed by atoms with E-state index in [1.54, 1.807) is 12.4 Å². The van der Waals surface area contributed by atoms with Crippen molar-refractivity contribution < 1.29 is 4.79 Å². The molecule has 0 aliphatic carbocycles. The number of carbonyl (C=O) groups is 1. The Morgan fingerprint density at radius 1 is 1.12 bits per heavy atom. The maximum Gasteiger partial charge on any atom is 0.221 e. The van der Waals surface area contributed by atoms with E-state index in [0.717, 1.165) is 22.8 Å². The summed E-state index contributed by atoms with van der Waals surface area (Å²) in [7, 11) is 0. The van der Waals surface area contributed by atoms with Crippen LogP contribution in [0.3, 0.4) is 0 Å². The maximum absolute atomic E-state index is 11.9. The van der Waals surface area contributed by atoms with Gasteiger partial charge in [0, 0.05) is 49.6 Å². The Kier molecular flexibility index (Phi) is 5.51. The Balaban J connectivity index is 1.47. The summed E-state index contributed by atoms with van der Waals surface area (Å²) in [5, 5.41) is 7.08. The number of nitrogens with one attached hydrogen (secondary N) is 1. The van der Waals surface area contributed by atoms with Gasteiger partial charge in [0.1, 0.15) is 5.82 Å². The van der Waals surface area contributed by atoms with E-state index in [4.69, 9.17) is 0 Å². The van der Waals surface area contributed by atoms with Crippen LogP contribution in [-0.4, -0.2) is 32.2 Å². The van der Waals surface area contributed by atoms with E-state index >= 15 is 0 Å². The van der Waals surface area contributed by atoms with Gasteiger partial charge in [0.2, 0.25) is 5.91 Å². The van der Waals surface area contributed by atoms with Crippen LogP contribution in [0.25, 0.3) is 11.3 Å². The Labute approximate surface area is 146 Å². The summed E-state index contributed by atoms with van der Waals surface area (Å²) in [6.45, 7) is 3.09. The molecule has 6 nitrogen and oxygen atoms in total. The van der Waals surface area contributed by atoms with Gasteiger partial charge in [-0.1, -0.05) is 30.3 Å². The fourth-order valence-corrected chi connectivity index (χ4v) is 2.53.